The molecule has 0 N–H and O–H groups in total. The molecule has 0 unspecified atom stereocenters. The minimum atomic E-state index is -0.475. The van der Waals surface area contributed by atoms with Gasteiger partial charge in [-0.2, -0.15) is 0 Å². The second kappa shape index (κ2) is 8.71. The maximum Gasteiger partial charge on any atom is 0.410 e. The first-order valence-corrected chi connectivity index (χ1v) is 11.0. The molecule has 0 aliphatic carbocycles. The molecule has 0 spiro atoms. The molecule has 0 bridgehead atoms. The summed E-state index contributed by atoms with van der Waals surface area (Å²) < 4.78 is 5.47. The lowest BCUT2D eigenvalue weighted by Gasteiger charge is -2.35. The molecular weight excluding hydrogens is 390 g/mol. The summed E-state index contributed by atoms with van der Waals surface area (Å²) in [7, 11) is 0. The highest BCUT2D eigenvalue weighted by Gasteiger charge is 2.27. The Morgan fingerprint density at radius 2 is 1.68 bits per heavy atom. The number of ether oxygens (including phenoxy) is 1. The molecule has 1 saturated heterocycles. The quantitative estimate of drug-likeness (QED) is 0.753. The first-order valence-electron chi connectivity index (χ1n) is 11.0. The van der Waals surface area contributed by atoms with Gasteiger partial charge in [-0.15, -0.1) is 0 Å². The SMILES string of the molecule is CC(C)(C)OC(=O)N1CCN(Cc2cccc(C(=O)N3CCc4ccccc43)c2)CC1. The van der Waals surface area contributed by atoms with Crippen LogP contribution in [-0.4, -0.2) is 60.1 Å². The summed E-state index contributed by atoms with van der Waals surface area (Å²) >= 11 is 0. The number of carbonyl (C=O) groups is 2. The van der Waals surface area contributed by atoms with E-state index in [9.17, 15) is 9.59 Å². The predicted octanol–water partition coefficient (Wildman–Crippen LogP) is 3.94. The highest BCUT2D eigenvalue weighted by Crippen LogP contribution is 2.29. The van der Waals surface area contributed by atoms with Crippen LogP contribution in [0.1, 0.15) is 42.3 Å². The Bertz CT molecular complexity index is 958. The molecule has 2 heterocycles. The first kappa shape index (κ1) is 21.4. The summed E-state index contributed by atoms with van der Waals surface area (Å²) in [6, 6.07) is 16.0. The van der Waals surface area contributed by atoms with Crippen LogP contribution >= 0.6 is 0 Å². The van der Waals surface area contributed by atoms with Crippen molar-refractivity contribution in [3.8, 4) is 0 Å². The fourth-order valence-electron chi connectivity index (χ4n) is 4.18. The van der Waals surface area contributed by atoms with E-state index >= 15 is 0 Å². The van der Waals surface area contributed by atoms with Crippen molar-refractivity contribution in [1.29, 1.82) is 0 Å². The number of nitrogens with zero attached hydrogens (tertiary/aromatic N) is 3. The van der Waals surface area contributed by atoms with Crippen LogP contribution in [0.15, 0.2) is 48.5 Å². The number of benzene rings is 2. The molecule has 0 saturated carbocycles. The van der Waals surface area contributed by atoms with Crippen LogP contribution < -0.4 is 4.90 Å². The zero-order chi connectivity index (χ0) is 22.0. The number of fused-ring (bicyclic) bond motifs is 1. The van der Waals surface area contributed by atoms with E-state index in [1.807, 2.05) is 62.1 Å². The van der Waals surface area contributed by atoms with Crippen LogP contribution in [0.4, 0.5) is 10.5 Å². The highest BCUT2D eigenvalue weighted by atomic mass is 16.6. The van der Waals surface area contributed by atoms with E-state index in [1.54, 1.807) is 4.90 Å². The Morgan fingerprint density at radius 3 is 2.42 bits per heavy atom. The van der Waals surface area contributed by atoms with Gasteiger partial charge in [0, 0.05) is 50.5 Å². The molecule has 4 rings (SSSR count). The highest BCUT2D eigenvalue weighted by molar-refractivity contribution is 6.07. The number of rotatable bonds is 3. The average Bonchev–Trinajstić information content (AvgIpc) is 3.17. The molecule has 2 aliphatic heterocycles. The van der Waals surface area contributed by atoms with Gasteiger partial charge in [0.1, 0.15) is 5.60 Å². The fourth-order valence-corrected chi connectivity index (χ4v) is 4.18. The Labute approximate surface area is 184 Å². The predicted molar refractivity (Wildman–Crippen MR) is 121 cm³/mol. The van der Waals surface area contributed by atoms with Crippen LogP contribution in [0.2, 0.25) is 0 Å². The summed E-state index contributed by atoms with van der Waals surface area (Å²) in [6.45, 7) is 10.0. The Morgan fingerprint density at radius 1 is 0.935 bits per heavy atom. The zero-order valence-electron chi connectivity index (χ0n) is 18.6. The van der Waals surface area contributed by atoms with Gasteiger partial charge in [-0.05, 0) is 56.5 Å². The molecule has 2 amide bonds. The minimum Gasteiger partial charge on any atom is -0.444 e. The maximum atomic E-state index is 13.1. The Balaban J connectivity index is 1.36. The number of piperazine rings is 1. The van der Waals surface area contributed by atoms with E-state index in [0.717, 1.165) is 49.4 Å². The van der Waals surface area contributed by atoms with Crippen molar-refractivity contribution >= 4 is 17.7 Å². The number of hydrogen-bond acceptors (Lipinski definition) is 4. The van der Waals surface area contributed by atoms with Crippen LogP contribution in [-0.2, 0) is 17.7 Å². The minimum absolute atomic E-state index is 0.0570. The van der Waals surface area contributed by atoms with Gasteiger partial charge in [-0.1, -0.05) is 30.3 Å². The van der Waals surface area contributed by atoms with Crippen molar-refractivity contribution in [2.75, 3.05) is 37.6 Å². The van der Waals surface area contributed by atoms with Crippen molar-refractivity contribution in [2.45, 2.75) is 39.3 Å². The number of carbonyl (C=O) groups excluding carboxylic acids is 2. The summed E-state index contributed by atoms with van der Waals surface area (Å²) in [5, 5.41) is 0. The molecule has 0 aromatic heterocycles. The van der Waals surface area contributed by atoms with Crippen molar-refractivity contribution in [1.82, 2.24) is 9.80 Å². The van der Waals surface area contributed by atoms with Crippen LogP contribution in [0.5, 0.6) is 0 Å². The standard InChI is InChI=1S/C25H31N3O3/c1-25(2,3)31-24(30)27-15-13-26(14-16-27)18-19-7-6-9-21(17-19)23(29)28-12-11-20-8-4-5-10-22(20)28/h4-10,17H,11-16,18H2,1-3H3. The molecule has 164 valence electrons. The zero-order valence-corrected chi connectivity index (χ0v) is 18.6. The van der Waals surface area contributed by atoms with Crippen molar-refractivity contribution < 1.29 is 14.3 Å². The van der Waals surface area contributed by atoms with Crippen LogP contribution in [0, 0.1) is 0 Å². The summed E-state index contributed by atoms with van der Waals surface area (Å²) in [4.78, 5) is 31.4. The first-order chi connectivity index (χ1) is 14.8. The van der Waals surface area contributed by atoms with Gasteiger partial charge >= 0.3 is 6.09 Å². The molecule has 0 atom stereocenters. The number of anilines is 1. The van der Waals surface area contributed by atoms with E-state index in [-0.39, 0.29) is 12.0 Å². The summed E-state index contributed by atoms with van der Waals surface area (Å²) in [6.07, 6.45) is 0.662. The topological polar surface area (TPSA) is 53.1 Å². The lowest BCUT2D eigenvalue weighted by molar-refractivity contribution is 0.0139. The number of hydrogen-bond donors (Lipinski definition) is 0. The molecule has 2 aromatic carbocycles. The molecule has 1 fully saturated rings. The molecule has 31 heavy (non-hydrogen) atoms. The third kappa shape index (κ3) is 5.07. The van der Waals surface area contributed by atoms with Crippen LogP contribution in [0.25, 0.3) is 0 Å². The fraction of sp³-hybridized carbons (Fsp3) is 0.440. The molecule has 6 heteroatoms. The second-order valence-electron chi connectivity index (χ2n) is 9.28. The van der Waals surface area contributed by atoms with Gasteiger partial charge in [0.15, 0.2) is 0 Å². The van der Waals surface area contributed by atoms with E-state index < -0.39 is 5.60 Å². The second-order valence-corrected chi connectivity index (χ2v) is 9.28. The normalized spacial score (nSPS) is 16.9. The maximum absolute atomic E-state index is 13.1. The van der Waals surface area contributed by atoms with Gasteiger partial charge in [0.2, 0.25) is 0 Å². The van der Waals surface area contributed by atoms with Crippen molar-refractivity contribution in [3.63, 3.8) is 0 Å². The third-order valence-electron chi connectivity index (χ3n) is 5.74. The van der Waals surface area contributed by atoms with E-state index in [2.05, 4.69) is 17.0 Å². The molecule has 2 aromatic rings. The van der Waals surface area contributed by atoms with Gasteiger partial charge in [0.25, 0.3) is 5.91 Å². The Kier molecular flexibility index (Phi) is 6.01. The lowest BCUT2D eigenvalue weighted by Crippen LogP contribution is -2.49. The monoisotopic (exact) mass is 421 g/mol. The lowest BCUT2D eigenvalue weighted by atomic mass is 10.1. The van der Waals surface area contributed by atoms with Crippen LogP contribution in [0.3, 0.4) is 0 Å². The third-order valence-corrected chi connectivity index (χ3v) is 5.74. The van der Waals surface area contributed by atoms with E-state index in [0.29, 0.717) is 13.1 Å². The van der Waals surface area contributed by atoms with Gasteiger partial charge in [-0.3, -0.25) is 9.69 Å². The van der Waals surface area contributed by atoms with Gasteiger partial charge in [-0.25, -0.2) is 4.79 Å². The average molecular weight is 422 g/mol. The summed E-state index contributed by atoms with van der Waals surface area (Å²) in [5.41, 5.74) is 3.62. The molecule has 0 radical (unpaired) electrons. The largest absolute Gasteiger partial charge is 0.444 e. The molecule has 6 nitrogen and oxygen atoms in total. The molecule has 2 aliphatic rings. The Hall–Kier alpha value is -2.86. The summed E-state index contributed by atoms with van der Waals surface area (Å²) in [5.74, 6) is 0.0570. The van der Waals surface area contributed by atoms with E-state index in [1.165, 1.54) is 5.56 Å². The van der Waals surface area contributed by atoms with Crippen molar-refractivity contribution in [2.24, 2.45) is 0 Å². The van der Waals surface area contributed by atoms with E-state index in [4.69, 9.17) is 4.74 Å². The number of amides is 2. The molecular formula is C25H31N3O3. The van der Waals surface area contributed by atoms with Crippen molar-refractivity contribution in [3.05, 3.63) is 65.2 Å². The smallest absolute Gasteiger partial charge is 0.410 e. The number of para-hydroxylation sites is 1. The van der Waals surface area contributed by atoms with Gasteiger partial charge in [0.05, 0.1) is 0 Å². The van der Waals surface area contributed by atoms with Gasteiger partial charge < -0.3 is 14.5 Å².